The van der Waals surface area contributed by atoms with Crippen LogP contribution in [0.5, 0.6) is 0 Å². The standard InChI is InChI=1S/C25H39N3O3/c1-24-10-8-19-17(5-7-20-25(19,2)11-9-23(30)28(20)3)18(24)6-4-16(24)14-21(29)27-22-15-26-12-13-31-22/h9,11,16-20,22,26H,4-8,10,12-15H2,1-3H3,(H,27,29)/t16-,17+,18+,19+,20-,22?,24-,25-/m1/s1. The average molecular weight is 430 g/mol. The third-order valence-corrected chi connectivity index (χ3v) is 10.0. The quantitative estimate of drug-likeness (QED) is 0.724. The van der Waals surface area contributed by atoms with E-state index in [2.05, 4.69) is 30.6 Å². The Morgan fingerprint density at radius 3 is 2.84 bits per heavy atom. The summed E-state index contributed by atoms with van der Waals surface area (Å²) in [7, 11) is 1.98. The number of nitrogens with zero attached hydrogens (tertiary/aromatic N) is 1. The first kappa shape index (κ1) is 21.4. The fourth-order valence-corrected chi connectivity index (χ4v) is 8.30. The first-order chi connectivity index (χ1) is 14.8. The molecule has 0 aromatic carbocycles. The van der Waals surface area contributed by atoms with Crippen LogP contribution in [0.25, 0.3) is 0 Å². The molecule has 0 bridgehead atoms. The van der Waals surface area contributed by atoms with Gasteiger partial charge in [0.1, 0.15) is 6.23 Å². The molecule has 172 valence electrons. The van der Waals surface area contributed by atoms with Crippen molar-refractivity contribution in [2.75, 3.05) is 26.7 Å². The van der Waals surface area contributed by atoms with Gasteiger partial charge in [-0.05, 0) is 73.7 Å². The lowest BCUT2D eigenvalue weighted by Crippen LogP contribution is -2.59. The van der Waals surface area contributed by atoms with E-state index in [1.807, 2.05) is 18.0 Å². The van der Waals surface area contributed by atoms with Crippen LogP contribution in [0.4, 0.5) is 0 Å². The largest absolute Gasteiger partial charge is 0.356 e. The monoisotopic (exact) mass is 429 g/mol. The fourth-order valence-electron chi connectivity index (χ4n) is 8.30. The number of carbonyl (C=O) groups is 2. The van der Waals surface area contributed by atoms with Crippen molar-refractivity contribution in [1.82, 2.24) is 15.5 Å². The number of nitrogens with one attached hydrogen (secondary N) is 2. The summed E-state index contributed by atoms with van der Waals surface area (Å²) in [5.41, 5.74) is 0.348. The van der Waals surface area contributed by atoms with E-state index in [9.17, 15) is 9.59 Å². The molecule has 6 heteroatoms. The molecule has 0 radical (unpaired) electrons. The van der Waals surface area contributed by atoms with E-state index >= 15 is 0 Å². The average Bonchev–Trinajstić information content (AvgIpc) is 3.08. The number of ether oxygens (including phenoxy) is 1. The molecule has 6 nitrogen and oxygen atoms in total. The molecule has 1 unspecified atom stereocenters. The minimum atomic E-state index is -0.185. The van der Waals surface area contributed by atoms with Crippen LogP contribution in [-0.2, 0) is 14.3 Å². The first-order valence-corrected chi connectivity index (χ1v) is 12.4. The van der Waals surface area contributed by atoms with Gasteiger partial charge in [0.25, 0.3) is 0 Å². The van der Waals surface area contributed by atoms with Gasteiger partial charge < -0.3 is 20.3 Å². The van der Waals surface area contributed by atoms with Crippen molar-refractivity contribution < 1.29 is 14.3 Å². The third-order valence-electron chi connectivity index (χ3n) is 10.0. The minimum Gasteiger partial charge on any atom is -0.356 e. The van der Waals surface area contributed by atoms with E-state index < -0.39 is 0 Å². The van der Waals surface area contributed by atoms with E-state index in [-0.39, 0.29) is 28.9 Å². The van der Waals surface area contributed by atoms with Gasteiger partial charge in [-0.2, -0.15) is 0 Å². The van der Waals surface area contributed by atoms with Crippen molar-refractivity contribution in [3.8, 4) is 0 Å². The molecule has 0 aromatic rings. The SMILES string of the molecule is CN1C(=O)C=C[C@]2(C)[C@H]3CC[C@]4(C)[C@@H](CC(=O)NC5CNCCO5)CC[C@H]4[C@@H]3CC[C@@H]12. The molecule has 2 heterocycles. The second kappa shape index (κ2) is 7.87. The normalized spacial score (nSPS) is 46.8. The Kier molecular flexibility index (Phi) is 5.45. The van der Waals surface area contributed by atoms with Gasteiger partial charge in [-0.3, -0.25) is 9.59 Å². The zero-order valence-electron chi connectivity index (χ0n) is 19.4. The second-order valence-corrected chi connectivity index (χ2v) is 11.3. The van der Waals surface area contributed by atoms with Gasteiger partial charge >= 0.3 is 0 Å². The maximum Gasteiger partial charge on any atom is 0.246 e. The summed E-state index contributed by atoms with van der Waals surface area (Å²) >= 11 is 0. The molecule has 4 fully saturated rings. The Morgan fingerprint density at radius 2 is 2.06 bits per heavy atom. The van der Waals surface area contributed by atoms with Crippen LogP contribution >= 0.6 is 0 Å². The summed E-state index contributed by atoms with van der Waals surface area (Å²) in [6, 6.07) is 0.336. The molecule has 2 N–H and O–H groups in total. The predicted octanol–water partition coefficient (Wildman–Crippen LogP) is 2.69. The highest BCUT2D eigenvalue weighted by Gasteiger charge is 2.60. The van der Waals surface area contributed by atoms with Crippen molar-refractivity contribution in [2.45, 2.75) is 71.1 Å². The smallest absolute Gasteiger partial charge is 0.246 e. The number of hydrogen-bond donors (Lipinski definition) is 2. The second-order valence-electron chi connectivity index (χ2n) is 11.3. The maximum absolute atomic E-state index is 12.8. The van der Waals surface area contributed by atoms with Crippen molar-refractivity contribution in [1.29, 1.82) is 0 Å². The molecule has 5 rings (SSSR count). The lowest BCUT2D eigenvalue weighted by Gasteiger charge is -2.60. The molecular formula is C25H39N3O3. The van der Waals surface area contributed by atoms with Crippen molar-refractivity contribution in [2.24, 2.45) is 34.5 Å². The molecule has 0 aromatic heterocycles. The Balaban J connectivity index is 1.29. The maximum atomic E-state index is 12.8. The molecule has 2 amide bonds. The Morgan fingerprint density at radius 1 is 1.23 bits per heavy atom. The lowest BCUT2D eigenvalue weighted by atomic mass is 9.47. The summed E-state index contributed by atoms with van der Waals surface area (Å²) in [6.07, 6.45) is 11.7. The van der Waals surface area contributed by atoms with Crippen LogP contribution < -0.4 is 10.6 Å². The number of fused-ring (bicyclic) bond motifs is 5. The molecule has 31 heavy (non-hydrogen) atoms. The number of rotatable bonds is 3. The van der Waals surface area contributed by atoms with Crippen LogP contribution in [0.1, 0.15) is 58.8 Å². The van der Waals surface area contributed by atoms with Gasteiger partial charge in [-0.15, -0.1) is 0 Å². The Bertz CT molecular complexity index is 763. The Labute approximate surface area is 186 Å². The molecule has 3 aliphatic carbocycles. The van der Waals surface area contributed by atoms with Crippen LogP contribution in [0.3, 0.4) is 0 Å². The Hall–Kier alpha value is -1.40. The van der Waals surface area contributed by atoms with Crippen LogP contribution in [0.2, 0.25) is 0 Å². The number of amides is 2. The molecule has 0 spiro atoms. The van der Waals surface area contributed by atoms with Gasteiger partial charge in [-0.1, -0.05) is 19.9 Å². The predicted molar refractivity (Wildman–Crippen MR) is 119 cm³/mol. The van der Waals surface area contributed by atoms with Gasteiger partial charge in [0, 0.05) is 38.0 Å². The zero-order valence-corrected chi connectivity index (χ0v) is 19.4. The summed E-state index contributed by atoms with van der Waals surface area (Å²) in [5, 5.41) is 6.38. The molecule has 2 aliphatic heterocycles. The van der Waals surface area contributed by atoms with E-state index in [1.54, 1.807) is 0 Å². The van der Waals surface area contributed by atoms with Crippen molar-refractivity contribution in [3.05, 3.63) is 12.2 Å². The fraction of sp³-hybridized carbons (Fsp3) is 0.840. The molecule has 3 saturated carbocycles. The van der Waals surface area contributed by atoms with Crippen molar-refractivity contribution >= 4 is 11.8 Å². The van der Waals surface area contributed by atoms with E-state index in [1.165, 1.54) is 25.7 Å². The van der Waals surface area contributed by atoms with Crippen LogP contribution in [0.15, 0.2) is 12.2 Å². The highest BCUT2D eigenvalue weighted by Crippen LogP contribution is 2.65. The third kappa shape index (κ3) is 3.45. The summed E-state index contributed by atoms with van der Waals surface area (Å²) in [4.78, 5) is 27.1. The minimum absolute atomic E-state index is 0.0910. The number of morpholine rings is 1. The van der Waals surface area contributed by atoms with Gasteiger partial charge in [0.05, 0.1) is 6.61 Å². The van der Waals surface area contributed by atoms with Gasteiger partial charge in [0.2, 0.25) is 11.8 Å². The first-order valence-electron chi connectivity index (χ1n) is 12.4. The van der Waals surface area contributed by atoms with E-state index in [0.29, 0.717) is 49.3 Å². The zero-order chi connectivity index (χ0) is 21.8. The van der Waals surface area contributed by atoms with Crippen molar-refractivity contribution in [3.63, 3.8) is 0 Å². The van der Waals surface area contributed by atoms with Gasteiger partial charge in [-0.25, -0.2) is 0 Å². The number of carbonyl (C=O) groups excluding carboxylic acids is 2. The highest BCUT2D eigenvalue weighted by atomic mass is 16.5. The van der Waals surface area contributed by atoms with E-state index in [0.717, 1.165) is 19.4 Å². The van der Waals surface area contributed by atoms with Crippen LogP contribution in [0, 0.1) is 34.5 Å². The topological polar surface area (TPSA) is 70.7 Å². The molecule has 1 saturated heterocycles. The van der Waals surface area contributed by atoms with Crippen LogP contribution in [-0.4, -0.2) is 55.7 Å². The molecular weight excluding hydrogens is 390 g/mol. The lowest BCUT2D eigenvalue weighted by molar-refractivity contribution is -0.139. The number of hydrogen-bond acceptors (Lipinski definition) is 4. The van der Waals surface area contributed by atoms with Gasteiger partial charge in [0.15, 0.2) is 0 Å². The summed E-state index contributed by atoms with van der Waals surface area (Å²) < 4.78 is 5.66. The summed E-state index contributed by atoms with van der Waals surface area (Å²) in [5.74, 6) is 2.83. The number of likely N-dealkylation sites (N-methyl/N-ethyl adjacent to an activating group) is 1. The molecule has 8 atom stereocenters. The summed E-state index contributed by atoms with van der Waals surface area (Å²) in [6.45, 7) is 7.08. The van der Waals surface area contributed by atoms with E-state index in [4.69, 9.17) is 4.74 Å². The molecule has 5 aliphatic rings. The highest BCUT2D eigenvalue weighted by molar-refractivity contribution is 5.89.